The minimum absolute atomic E-state index is 0.0262. The van der Waals surface area contributed by atoms with Crippen molar-refractivity contribution in [2.75, 3.05) is 31.6 Å². The summed E-state index contributed by atoms with van der Waals surface area (Å²) in [6.07, 6.45) is 5.64. The molecule has 5 rings (SSSR count). The van der Waals surface area contributed by atoms with Gasteiger partial charge < -0.3 is 14.5 Å². The van der Waals surface area contributed by atoms with Gasteiger partial charge in [-0.25, -0.2) is 4.98 Å². The number of amides is 1. The van der Waals surface area contributed by atoms with E-state index in [-0.39, 0.29) is 11.8 Å². The van der Waals surface area contributed by atoms with Crippen LogP contribution < -0.4 is 5.32 Å². The summed E-state index contributed by atoms with van der Waals surface area (Å²) in [7, 11) is 0. The molecule has 3 heterocycles. The number of anilines is 1. The topological polar surface area (TPSA) is 93.4 Å². The van der Waals surface area contributed by atoms with Gasteiger partial charge in [0.1, 0.15) is 0 Å². The number of benzene rings is 1. The summed E-state index contributed by atoms with van der Waals surface area (Å²) in [5.41, 5.74) is 1.68. The molecule has 8 nitrogen and oxygen atoms in total. The van der Waals surface area contributed by atoms with Gasteiger partial charge in [0.25, 0.3) is 0 Å². The van der Waals surface area contributed by atoms with E-state index in [2.05, 4.69) is 25.4 Å². The van der Waals surface area contributed by atoms with Crippen LogP contribution in [0.1, 0.15) is 31.6 Å². The smallest absolute Gasteiger partial charge is 0.228 e. The number of morpholine rings is 1. The molecule has 2 fully saturated rings. The van der Waals surface area contributed by atoms with Gasteiger partial charge in [-0.2, -0.15) is 0 Å². The molecule has 3 aromatic rings. The highest BCUT2D eigenvalue weighted by Gasteiger charge is 2.30. The molecule has 1 N–H and O–H groups in total. The maximum absolute atomic E-state index is 12.8. The third-order valence-corrected chi connectivity index (χ3v) is 6.37. The minimum Gasteiger partial charge on any atom is -0.441 e. The molecule has 0 spiro atoms. The Morgan fingerprint density at radius 1 is 1.10 bits per heavy atom. The molecule has 1 aliphatic carbocycles. The molecule has 0 unspecified atom stereocenters. The number of hydrogen-bond acceptors (Lipinski definition) is 7. The Morgan fingerprint density at radius 3 is 2.65 bits per heavy atom. The molecular formula is C23H27N5O3. The van der Waals surface area contributed by atoms with Crippen LogP contribution >= 0.6 is 0 Å². The number of ether oxygens (including phenoxy) is 1. The van der Waals surface area contributed by atoms with E-state index in [1.54, 1.807) is 6.20 Å². The van der Waals surface area contributed by atoms with E-state index in [1.807, 2.05) is 31.2 Å². The number of aromatic nitrogens is 3. The van der Waals surface area contributed by atoms with Crippen molar-refractivity contribution in [1.82, 2.24) is 20.1 Å². The monoisotopic (exact) mass is 421 g/mol. The van der Waals surface area contributed by atoms with Crippen molar-refractivity contribution in [3.05, 3.63) is 36.4 Å². The van der Waals surface area contributed by atoms with Gasteiger partial charge in [-0.3, -0.25) is 9.69 Å². The molecule has 1 amide bonds. The highest BCUT2D eigenvalue weighted by molar-refractivity contribution is 5.94. The quantitative estimate of drug-likeness (QED) is 0.690. The van der Waals surface area contributed by atoms with Gasteiger partial charge in [0.2, 0.25) is 5.91 Å². The zero-order valence-corrected chi connectivity index (χ0v) is 17.7. The number of fused-ring (bicyclic) bond motifs is 1. The molecule has 0 radical (unpaired) electrons. The number of aryl methyl sites for hydroxylation is 1. The van der Waals surface area contributed by atoms with Crippen LogP contribution in [0.15, 0.2) is 34.9 Å². The highest BCUT2D eigenvalue weighted by atomic mass is 16.5. The maximum atomic E-state index is 12.8. The fraction of sp³-hybridized carbons (Fsp3) is 0.478. The molecule has 2 aliphatic rings. The van der Waals surface area contributed by atoms with Gasteiger partial charge >= 0.3 is 0 Å². The van der Waals surface area contributed by atoms with E-state index >= 15 is 0 Å². The number of nitrogens with zero attached hydrogens (tertiary/aromatic N) is 4. The van der Waals surface area contributed by atoms with Gasteiger partial charge in [-0.1, -0.05) is 0 Å². The standard InChI is InChI=1S/C23H27N5O3/c1-15-24-14-21(31-15)17-4-7-20-18(12-17)13-22(27-26-20)25-23(29)16-2-5-19(6-3-16)28-8-10-30-11-9-28/h4,7,12-14,16,19H,2-3,5-6,8-11H2,1H3,(H,25,27,29). The minimum atomic E-state index is 0.0262. The van der Waals surface area contributed by atoms with Gasteiger partial charge in [0.05, 0.1) is 24.9 Å². The van der Waals surface area contributed by atoms with E-state index in [9.17, 15) is 4.79 Å². The summed E-state index contributed by atoms with van der Waals surface area (Å²) >= 11 is 0. The first-order valence-corrected chi connectivity index (χ1v) is 11.0. The van der Waals surface area contributed by atoms with Crippen molar-refractivity contribution >= 4 is 22.6 Å². The Hall–Kier alpha value is -2.84. The van der Waals surface area contributed by atoms with E-state index < -0.39 is 0 Å². The fourth-order valence-corrected chi connectivity index (χ4v) is 4.63. The lowest BCUT2D eigenvalue weighted by Gasteiger charge is -2.38. The summed E-state index contributed by atoms with van der Waals surface area (Å²) in [5, 5.41) is 12.3. The number of oxazole rings is 1. The first-order chi connectivity index (χ1) is 15.2. The average Bonchev–Trinajstić information content (AvgIpc) is 3.25. The van der Waals surface area contributed by atoms with Crippen LogP contribution in [0.25, 0.3) is 22.2 Å². The molecule has 162 valence electrons. The third-order valence-electron chi connectivity index (χ3n) is 6.37. The zero-order valence-electron chi connectivity index (χ0n) is 17.7. The van der Waals surface area contributed by atoms with Gasteiger partial charge in [0, 0.05) is 42.9 Å². The lowest BCUT2D eigenvalue weighted by atomic mass is 9.84. The molecule has 0 atom stereocenters. The van der Waals surface area contributed by atoms with Crippen molar-refractivity contribution in [3.63, 3.8) is 0 Å². The number of carbonyl (C=O) groups excluding carboxylic acids is 1. The Morgan fingerprint density at radius 2 is 1.90 bits per heavy atom. The summed E-state index contributed by atoms with van der Waals surface area (Å²) < 4.78 is 11.1. The highest BCUT2D eigenvalue weighted by Crippen LogP contribution is 2.29. The molecule has 1 saturated carbocycles. The van der Waals surface area contributed by atoms with E-state index in [1.165, 1.54) is 0 Å². The van der Waals surface area contributed by atoms with Crippen molar-refractivity contribution in [2.24, 2.45) is 5.92 Å². The van der Waals surface area contributed by atoms with Crippen LogP contribution in [-0.2, 0) is 9.53 Å². The summed E-state index contributed by atoms with van der Waals surface area (Å²) in [4.78, 5) is 19.5. The Bertz CT molecular complexity index is 1070. The molecule has 31 heavy (non-hydrogen) atoms. The molecule has 0 bridgehead atoms. The lowest BCUT2D eigenvalue weighted by molar-refractivity contribution is -0.121. The Labute approximate surface area is 181 Å². The second kappa shape index (κ2) is 8.72. The average molecular weight is 422 g/mol. The second-order valence-corrected chi connectivity index (χ2v) is 8.39. The van der Waals surface area contributed by atoms with Gasteiger partial charge in [-0.15, -0.1) is 10.2 Å². The summed E-state index contributed by atoms with van der Waals surface area (Å²) in [5.74, 6) is 1.88. The van der Waals surface area contributed by atoms with Crippen LogP contribution in [0.3, 0.4) is 0 Å². The molecule has 1 aromatic carbocycles. The zero-order chi connectivity index (χ0) is 21.2. The van der Waals surface area contributed by atoms with Crippen LogP contribution in [0.5, 0.6) is 0 Å². The van der Waals surface area contributed by atoms with Crippen LogP contribution in [0.4, 0.5) is 5.82 Å². The fourth-order valence-electron chi connectivity index (χ4n) is 4.63. The third kappa shape index (κ3) is 4.45. The predicted octanol–water partition coefficient (Wildman–Crippen LogP) is 3.42. The van der Waals surface area contributed by atoms with Crippen LogP contribution in [0, 0.1) is 12.8 Å². The van der Waals surface area contributed by atoms with Crippen molar-refractivity contribution in [2.45, 2.75) is 38.6 Å². The van der Waals surface area contributed by atoms with Gasteiger partial charge in [0.15, 0.2) is 17.5 Å². The van der Waals surface area contributed by atoms with Crippen LogP contribution in [0.2, 0.25) is 0 Å². The number of carbonyl (C=O) groups is 1. The summed E-state index contributed by atoms with van der Waals surface area (Å²) in [6, 6.07) is 8.25. The van der Waals surface area contributed by atoms with Gasteiger partial charge in [-0.05, 0) is 49.9 Å². The molecule has 8 heteroatoms. The van der Waals surface area contributed by atoms with E-state index in [0.717, 1.165) is 68.5 Å². The van der Waals surface area contributed by atoms with Crippen molar-refractivity contribution < 1.29 is 13.9 Å². The largest absolute Gasteiger partial charge is 0.441 e. The van der Waals surface area contributed by atoms with E-state index in [0.29, 0.717) is 23.5 Å². The first-order valence-electron chi connectivity index (χ1n) is 11.0. The predicted molar refractivity (Wildman–Crippen MR) is 117 cm³/mol. The first kappa shape index (κ1) is 20.1. The summed E-state index contributed by atoms with van der Waals surface area (Å²) in [6.45, 7) is 5.46. The van der Waals surface area contributed by atoms with Crippen molar-refractivity contribution in [3.8, 4) is 11.3 Å². The van der Waals surface area contributed by atoms with Crippen molar-refractivity contribution in [1.29, 1.82) is 0 Å². The lowest BCUT2D eigenvalue weighted by Crippen LogP contribution is -2.45. The SMILES string of the molecule is Cc1ncc(-c2ccc3nnc(NC(=O)C4CCC(N5CCOCC5)CC4)cc3c2)o1. The molecule has 2 aromatic heterocycles. The van der Waals surface area contributed by atoms with E-state index in [4.69, 9.17) is 9.15 Å². The molecule has 1 saturated heterocycles. The van der Waals surface area contributed by atoms with Crippen LogP contribution in [-0.4, -0.2) is 58.3 Å². The number of rotatable bonds is 4. The Balaban J connectivity index is 1.24. The second-order valence-electron chi connectivity index (χ2n) is 8.39. The number of hydrogen-bond donors (Lipinski definition) is 1. The normalized spacial score (nSPS) is 22.5. The molecule has 1 aliphatic heterocycles. The Kier molecular flexibility index (Phi) is 5.65. The maximum Gasteiger partial charge on any atom is 0.228 e. The molecular weight excluding hydrogens is 394 g/mol. The number of nitrogens with one attached hydrogen (secondary N) is 1.